The Kier molecular flexibility index (Phi) is 3.37. The molecular formula is C16H18N2O2. The number of anilines is 3. The molecule has 0 amide bonds. The van der Waals surface area contributed by atoms with Crippen molar-refractivity contribution < 1.29 is 9.47 Å². The summed E-state index contributed by atoms with van der Waals surface area (Å²) < 4.78 is 11.3. The highest BCUT2D eigenvalue weighted by Gasteiger charge is 2.11. The fourth-order valence-corrected chi connectivity index (χ4v) is 2.22. The molecule has 4 nitrogen and oxygen atoms in total. The summed E-state index contributed by atoms with van der Waals surface area (Å²) in [6.07, 6.45) is 0.911. The summed E-state index contributed by atoms with van der Waals surface area (Å²) in [7, 11) is 0. The summed E-state index contributed by atoms with van der Waals surface area (Å²) in [5.74, 6) is 1.60. The number of hydrogen-bond acceptors (Lipinski definition) is 4. The molecule has 3 rings (SSSR count). The molecule has 0 spiro atoms. The number of aryl methyl sites for hydroxylation is 1. The van der Waals surface area contributed by atoms with Crippen molar-refractivity contribution in [3.05, 3.63) is 42.0 Å². The number of fused-ring (bicyclic) bond motifs is 1. The van der Waals surface area contributed by atoms with Crippen LogP contribution in [-0.4, -0.2) is 13.2 Å². The van der Waals surface area contributed by atoms with E-state index in [4.69, 9.17) is 15.2 Å². The predicted molar refractivity (Wildman–Crippen MR) is 80.9 cm³/mol. The second-order valence-electron chi connectivity index (χ2n) is 4.91. The second-order valence-corrected chi connectivity index (χ2v) is 4.91. The number of nitrogens with one attached hydrogen (secondary N) is 1. The van der Waals surface area contributed by atoms with Crippen LogP contribution >= 0.6 is 0 Å². The number of nitrogen functional groups attached to an aromatic ring is 1. The van der Waals surface area contributed by atoms with Crippen molar-refractivity contribution in [2.24, 2.45) is 0 Å². The van der Waals surface area contributed by atoms with E-state index in [1.165, 1.54) is 0 Å². The minimum atomic E-state index is 0.692. The maximum Gasteiger partial charge on any atom is 0.163 e. The highest BCUT2D eigenvalue weighted by atomic mass is 16.5. The van der Waals surface area contributed by atoms with Crippen LogP contribution in [0.25, 0.3) is 0 Å². The van der Waals surface area contributed by atoms with Crippen LogP contribution in [0.5, 0.6) is 11.5 Å². The van der Waals surface area contributed by atoms with Crippen LogP contribution in [0.4, 0.5) is 17.1 Å². The van der Waals surface area contributed by atoms with E-state index in [-0.39, 0.29) is 0 Å². The van der Waals surface area contributed by atoms with Crippen molar-refractivity contribution in [3.8, 4) is 11.5 Å². The summed E-state index contributed by atoms with van der Waals surface area (Å²) in [5, 5.41) is 3.38. The number of benzene rings is 2. The van der Waals surface area contributed by atoms with Crippen LogP contribution in [0.15, 0.2) is 36.4 Å². The number of nitrogens with two attached hydrogens (primary N) is 1. The first-order chi connectivity index (χ1) is 9.72. The summed E-state index contributed by atoms with van der Waals surface area (Å²) in [6.45, 7) is 3.43. The first-order valence-corrected chi connectivity index (χ1v) is 6.75. The Morgan fingerprint density at radius 2 is 1.80 bits per heavy atom. The van der Waals surface area contributed by atoms with Gasteiger partial charge in [0.2, 0.25) is 0 Å². The quantitative estimate of drug-likeness (QED) is 0.820. The molecule has 1 heterocycles. The molecule has 20 heavy (non-hydrogen) atoms. The topological polar surface area (TPSA) is 56.5 Å². The average Bonchev–Trinajstić information content (AvgIpc) is 2.66. The van der Waals surface area contributed by atoms with Crippen LogP contribution < -0.4 is 20.5 Å². The highest BCUT2D eigenvalue weighted by Crippen LogP contribution is 2.33. The molecule has 0 unspecified atom stereocenters. The molecule has 104 valence electrons. The molecule has 3 N–H and O–H groups in total. The Bertz CT molecular complexity index is 626. The summed E-state index contributed by atoms with van der Waals surface area (Å²) in [4.78, 5) is 0. The molecule has 0 bridgehead atoms. The Morgan fingerprint density at radius 1 is 1.00 bits per heavy atom. The molecule has 0 fully saturated rings. The van der Waals surface area contributed by atoms with Gasteiger partial charge in [-0.3, -0.25) is 0 Å². The molecule has 1 aliphatic rings. The highest BCUT2D eigenvalue weighted by molar-refractivity contribution is 5.67. The third-order valence-corrected chi connectivity index (χ3v) is 3.28. The summed E-state index contributed by atoms with van der Waals surface area (Å²) >= 11 is 0. The van der Waals surface area contributed by atoms with Gasteiger partial charge in [0, 0.05) is 29.5 Å². The zero-order valence-corrected chi connectivity index (χ0v) is 11.5. The fraction of sp³-hybridized carbons (Fsp3) is 0.250. The van der Waals surface area contributed by atoms with Gasteiger partial charge in [0.25, 0.3) is 0 Å². The molecule has 1 aliphatic heterocycles. The van der Waals surface area contributed by atoms with Gasteiger partial charge in [-0.15, -0.1) is 0 Å². The molecule has 0 radical (unpaired) electrons. The standard InChI is InChI=1S/C16H18N2O2/c1-11-9-12(17)3-5-14(11)18-13-4-6-15-16(10-13)20-8-2-7-19-15/h3-6,9-10,18H,2,7-8,17H2,1H3. The van der Waals surface area contributed by atoms with Crippen LogP contribution in [0, 0.1) is 6.92 Å². The molecule has 0 saturated heterocycles. The van der Waals surface area contributed by atoms with Crippen molar-refractivity contribution in [2.45, 2.75) is 13.3 Å². The van der Waals surface area contributed by atoms with Crippen LogP contribution in [0.1, 0.15) is 12.0 Å². The van der Waals surface area contributed by atoms with Gasteiger partial charge in [0.15, 0.2) is 11.5 Å². The largest absolute Gasteiger partial charge is 0.490 e. The third-order valence-electron chi connectivity index (χ3n) is 3.28. The molecule has 4 heteroatoms. The van der Waals surface area contributed by atoms with Crippen molar-refractivity contribution in [1.82, 2.24) is 0 Å². The minimum Gasteiger partial charge on any atom is -0.490 e. The second kappa shape index (κ2) is 5.33. The van der Waals surface area contributed by atoms with E-state index in [0.29, 0.717) is 13.2 Å². The number of hydrogen-bond donors (Lipinski definition) is 2. The van der Waals surface area contributed by atoms with E-state index in [9.17, 15) is 0 Å². The van der Waals surface area contributed by atoms with Gasteiger partial charge in [-0.1, -0.05) is 0 Å². The minimum absolute atomic E-state index is 0.692. The van der Waals surface area contributed by atoms with Gasteiger partial charge < -0.3 is 20.5 Å². The predicted octanol–water partition coefficient (Wildman–Crippen LogP) is 3.48. The molecule has 0 atom stereocenters. The van der Waals surface area contributed by atoms with E-state index >= 15 is 0 Å². The first-order valence-electron chi connectivity index (χ1n) is 6.75. The Morgan fingerprint density at radius 3 is 2.60 bits per heavy atom. The molecule has 0 aromatic heterocycles. The molecule has 0 aliphatic carbocycles. The zero-order chi connectivity index (χ0) is 13.9. The molecule has 2 aromatic rings. The van der Waals surface area contributed by atoms with Crippen molar-refractivity contribution in [2.75, 3.05) is 24.3 Å². The van der Waals surface area contributed by atoms with Crippen LogP contribution in [0.3, 0.4) is 0 Å². The lowest BCUT2D eigenvalue weighted by Gasteiger charge is -2.13. The smallest absolute Gasteiger partial charge is 0.163 e. The summed E-state index contributed by atoms with van der Waals surface area (Å²) in [5.41, 5.74) is 9.65. The lowest BCUT2D eigenvalue weighted by molar-refractivity contribution is 0.297. The average molecular weight is 270 g/mol. The van der Waals surface area contributed by atoms with Crippen LogP contribution in [-0.2, 0) is 0 Å². The Labute approximate surface area is 118 Å². The van der Waals surface area contributed by atoms with E-state index in [1.54, 1.807) is 0 Å². The number of ether oxygens (including phenoxy) is 2. The molecular weight excluding hydrogens is 252 g/mol. The number of rotatable bonds is 2. The zero-order valence-electron chi connectivity index (χ0n) is 11.5. The van der Waals surface area contributed by atoms with E-state index in [0.717, 1.165) is 40.5 Å². The fourth-order valence-electron chi connectivity index (χ4n) is 2.22. The Hall–Kier alpha value is -2.36. The van der Waals surface area contributed by atoms with Crippen molar-refractivity contribution in [1.29, 1.82) is 0 Å². The first kappa shape index (κ1) is 12.7. The van der Waals surface area contributed by atoms with Crippen molar-refractivity contribution >= 4 is 17.1 Å². The maximum absolute atomic E-state index is 5.77. The van der Waals surface area contributed by atoms with Gasteiger partial charge in [0.05, 0.1) is 13.2 Å². The SMILES string of the molecule is Cc1cc(N)ccc1Nc1ccc2c(c1)OCCCO2. The van der Waals surface area contributed by atoms with Crippen molar-refractivity contribution in [3.63, 3.8) is 0 Å². The third kappa shape index (κ3) is 2.64. The Balaban J connectivity index is 1.86. The lowest BCUT2D eigenvalue weighted by atomic mass is 10.1. The monoisotopic (exact) mass is 270 g/mol. The normalized spacial score (nSPS) is 13.7. The van der Waals surface area contributed by atoms with E-state index < -0.39 is 0 Å². The molecule has 2 aromatic carbocycles. The van der Waals surface area contributed by atoms with Gasteiger partial charge in [0.1, 0.15) is 0 Å². The van der Waals surface area contributed by atoms with Gasteiger partial charge in [-0.25, -0.2) is 0 Å². The van der Waals surface area contributed by atoms with Gasteiger partial charge in [-0.2, -0.15) is 0 Å². The maximum atomic E-state index is 5.77. The molecule has 0 saturated carbocycles. The van der Waals surface area contributed by atoms with Gasteiger partial charge in [-0.05, 0) is 42.8 Å². The van der Waals surface area contributed by atoms with Gasteiger partial charge >= 0.3 is 0 Å². The van der Waals surface area contributed by atoms with Crippen LogP contribution in [0.2, 0.25) is 0 Å². The van der Waals surface area contributed by atoms with E-state index in [1.807, 2.05) is 43.3 Å². The van der Waals surface area contributed by atoms with E-state index in [2.05, 4.69) is 5.32 Å². The lowest BCUT2D eigenvalue weighted by Crippen LogP contribution is -1.97. The summed E-state index contributed by atoms with van der Waals surface area (Å²) in [6, 6.07) is 11.7.